The lowest BCUT2D eigenvalue weighted by atomic mass is 10.1. The Kier molecular flexibility index (Phi) is 5.75. The molecule has 1 aromatic carbocycles. The molecule has 146 valence electrons. The van der Waals surface area contributed by atoms with E-state index in [9.17, 15) is 9.59 Å². The van der Waals surface area contributed by atoms with Gasteiger partial charge in [-0.25, -0.2) is 4.98 Å². The Bertz CT molecular complexity index is 1040. The quantitative estimate of drug-likeness (QED) is 0.641. The number of nitrogens with zero attached hydrogens (tertiary/aromatic N) is 4. The smallest absolute Gasteiger partial charge is 0.258 e. The zero-order valence-electron chi connectivity index (χ0n) is 15.4. The highest BCUT2D eigenvalue weighted by Gasteiger charge is 2.21. The fourth-order valence-electron chi connectivity index (χ4n) is 3.45. The fourth-order valence-corrected chi connectivity index (χ4v) is 4.42. The molecule has 0 unspecified atom stereocenters. The number of halogens is 1. The fraction of sp³-hybridized carbons (Fsp3) is 0.350. The molecule has 1 aliphatic rings. The van der Waals surface area contributed by atoms with Crippen LogP contribution in [0.5, 0.6) is 0 Å². The number of aryl methyl sites for hydroxylation is 1. The van der Waals surface area contributed by atoms with E-state index in [1.54, 1.807) is 16.7 Å². The number of carbonyl (C=O) groups is 1. The molecule has 0 radical (unpaired) electrons. The monoisotopic (exact) mass is 416 g/mol. The average Bonchev–Trinajstić information content (AvgIpc) is 3.17. The SMILES string of the molecule is O=C(CCc1ccccc1Cl)N1CCN(Cc2cc(=O)n3ccsc3n2)CC1. The number of aromatic nitrogens is 2. The summed E-state index contributed by atoms with van der Waals surface area (Å²) in [6.07, 6.45) is 2.87. The van der Waals surface area contributed by atoms with Gasteiger partial charge in [0, 0.05) is 61.8 Å². The first-order valence-corrected chi connectivity index (χ1v) is 10.6. The molecular formula is C20H21ClN4O2S. The average molecular weight is 417 g/mol. The van der Waals surface area contributed by atoms with Gasteiger partial charge in [0.2, 0.25) is 5.91 Å². The van der Waals surface area contributed by atoms with Gasteiger partial charge < -0.3 is 4.90 Å². The van der Waals surface area contributed by atoms with Crippen LogP contribution in [-0.4, -0.2) is 51.3 Å². The maximum Gasteiger partial charge on any atom is 0.258 e. The van der Waals surface area contributed by atoms with Gasteiger partial charge in [0.1, 0.15) is 0 Å². The Morgan fingerprint density at radius 3 is 2.75 bits per heavy atom. The number of fused-ring (bicyclic) bond motifs is 1. The van der Waals surface area contributed by atoms with Crippen LogP contribution in [0.15, 0.2) is 46.7 Å². The summed E-state index contributed by atoms with van der Waals surface area (Å²) in [7, 11) is 0. The van der Waals surface area contributed by atoms with Crippen molar-refractivity contribution in [1.82, 2.24) is 19.2 Å². The largest absolute Gasteiger partial charge is 0.340 e. The Morgan fingerprint density at radius 2 is 1.96 bits per heavy atom. The molecule has 2 aromatic heterocycles. The number of piperazine rings is 1. The van der Waals surface area contributed by atoms with E-state index in [2.05, 4.69) is 9.88 Å². The molecule has 0 bridgehead atoms. The van der Waals surface area contributed by atoms with Gasteiger partial charge in [-0.15, -0.1) is 11.3 Å². The number of carbonyl (C=O) groups excluding carboxylic acids is 1. The van der Waals surface area contributed by atoms with Crippen molar-refractivity contribution in [3.05, 3.63) is 68.5 Å². The number of rotatable bonds is 5. The minimum atomic E-state index is -0.0466. The lowest BCUT2D eigenvalue weighted by Gasteiger charge is -2.34. The molecule has 4 rings (SSSR count). The third kappa shape index (κ3) is 4.27. The van der Waals surface area contributed by atoms with Gasteiger partial charge in [0.15, 0.2) is 4.96 Å². The normalized spacial score (nSPS) is 15.2. The molecule has 0 saturated carbocycles. The second-order valence-corrected chi connectivity index (χ2v) is 8.17. The van der Waals surface area contributed by atoms with E-state index >= 15 is 0 Å². The van der Waals surface area contributed by atoms with Crippen molar-refractivity contribution in [3.63, 3.8) is 0 Å². The first-order valence-electron chi connectivity index (χ1n) is 9.29. The Balaban J connectivity index is 1.29. The number of amides is 1. The molecule has 1 amide bonds. The second kappa shape index (κ2) is 8.43. The second-order valence-electron chi connectivity index (χ2n) is 6.89. The summed E-state index contributed by atoms with van der Waals surface area (Å²) in [6, 6.07) is 9.26. The molecular weight excluding hydrogens is 396 g/mol. The lowest BCUT2D eigenvalue weighted by molar-refractivity contribution is -0.133. The predicted octanol–water partition coefficient (Wildman–Crippen LogP) is 2.69. The highest BCUT2D eigenvalue weighted by Crippen LogP contribution is 2.17. The van der Waals surface area contributed by atoms with Gasteiger partial charge in [0.05, 0.1) is 5.69 Å². The molecule has 1 saturated heterocycles. The molecule has 28 heavy (non-hydrogen) atoms. The maximum absolute atomic E-state index is 12.5. The summed E-state index contributed by atoms with van der Waals surface area (Å²) in [6.45, 7) is 3.58. The summed E-state index contributed by atoms with van der Waals surface area (Å²) < 4.78 is 1.56. The van der Waals surface area contributed by atoms with Crippen molar-refractivity contribution in [2.45, 2.75) is 19.4 Å². The van der Waals surface area contributed by atoms with Crippen LogP contribution in [0.3, 0.4) is 0 Å². The molecule has 3 heterocycles. The molecule has 8 heteroatoms. The van der Waals surface area contributed by atoms with Gasteiger partial charge in [0.25, 0.3) is 5.56 Å². The third-order valence-corrected chi connectivity index (χ3v) is 6.16. The van der Waals surface area contributed by atoms with Gasteiger partial charge in [-0.05, 0) is 18.1 Å². The van der Waals surface area contributed by atoms with E-state index in [0.29, 0.717) is 37.5 Å². The molecule has 0 N–H and O–H groups in total. The Morgan fingerprint density at radius 1 is 1.18 bits per heavy atom. The molecule has 1 fully saturated rings. The molecule has 6 nitrogen and oxygen atoms in total. The Hall–Kier alpha value is -2.22. The zero-order valence-corrected chi connectivity index (χ0v) is 17.0. The summed E-state index contributed by atoms with van der Waals surface area (Å²) >= 11 is 7.63. The summed E-state index contributed by atoms with van der Waals surface area (Å²) in [5.41, 5.74) is 1.75. The standard InChI is InChI=1S/C20H21ClN4O2S/c21-17-4-2-1-3-15(17)5-6-18(26)24-9-7-23(8-10-24)14-16-13-19(27)25-11-12-28-20(25)22-16/h1-4,11-13H,5-10,14H2. The summed E-state index contributed by atoms with van der Waals surface area (Å²) in [4.78, 5) is 34.1. The van der Waals surface area contributed by atoms with Crippen LogP contribution in [0.4, 0.5) is 0 Å². The molecule has 3 aromatic rings. The van der Waals surface area contributed by atoms with Crippen LogP contribution < -0.4 is 5.56 Å². The lowest BCUT2D eigenvalue weighted by Crippen LogP contribution is -2.48. The van der Waals surface area contributed by atoms with Crippen LogP contribution in [0, 0.1) is 0 Å². The molecule has 0 atom stereocenters. The van der Waals surface area contributed by atoms with Crippen molar-refractivity contribution >= 4 is 33.8 Å². The number of hydrogen-bond acceptors (Lipinski definition) is 5. The van der Waals surface area contributed by atoms with E-state index < -0.39 is 0 Å². The highest BCUT2D eigenvalue weighted by atomic mass is 35.5. The summed E-state index contributed by atoms with van der Waals surface area (Å²) in [5.74, 6) is 0.163. The summed E-state index contributed by atoms with van der Waals surface area (Å²) in [5, 5.41) is 2.58. The number of thiazole rings is 1. The Labute approximate surface area is 172 Å². The van der Waals surface area contributed by atoms with Gasteiger partial charge >= 0.3 is 0 Å². The van der Waals surface area contributed by atoms with Crippen LogP contribution in [0.25, 0.3) is 4.96 Å². The maximum atomic E-state index is 12.5. The van der Waals surface area contributed by atoms with Crippen molar-refractivity contribution < 1.29 is 4.79 Å². The van der Waals surface area contributed by atoms with E-state index in [-0.39, 0.29) is 11.5 Å². The van der Waals surface area contributed by atoms with Crippen LogP contribution in [0.2, 0.25) is 5.02 Å². The first kappa shape index (κ1) is 19.1. The third-order valence-electron chi connectivity index (χ3n) is 5.03. The zero-order chi connectivity index (χ0) is 19.5. The van der Waals surface area contributed by atoms with Crippen molar-refractivity contribution in [2.24, 2.45) is 0 Å². The van der Waals surface area contributed by atoms with Gasteiger partial charge in [-0.2, -0.15) is 0 Å². The van der Waals surface area contributed by atoms with Crippen LogP contribution >= 0.6 is 22.9 Å². The van der Waals surface area contributed by atoms with E-state index in [0.717, 1.165) is 29.3 Å². The highest BCUT2D eigenvalue weighted by molar-refractivity contribution is 7.15. The van der Waals surface area contributed by atoms with Gasteiger partial charge in [-0.1, -0.05) is 29.8 Å². The van der Waals surface area contributed by atoms with E-state index in [1.807, 2.05) is 34.5 Å². The predicted molar refractivity (Wildman–Crippen MR) is 111 cm³/mol. The van der Waals surface area contributed by atoms with Gasteiger partial charge in [-0.3, -0.25) is 18.9 Å². The number of hydrogen-bond donors (Lipinski definition) is 0. The first-order chi connectivity index (χ1) is 13.6. The van der Waals surface area contributed by atoms with E-state index in [1.165, 1.54) is 11.3 Å². The van der Waals surface area contributed by atoms with Crippen molar-refractivity contribution in [3.8, 4) is 0 Å². The minimum Gasteiger partial charge on any atom is -0.340 e. The van der Waals surface area contributed by atoms with Crippen molar-refractivity contribution in [2.75, 3.05) is 26.2 Å². The molecule has 1 aliphatic heterocycles. The van der Waals surface area contributed by atoms with E-state index in [4.69, 9.17) is 11.6 Å². The molecule has 0 aliphatic carbocycles. The minimum absolute atomic E-state index is 0.0466. The molecule has 0 spiro atoms. The van der Waals surface area contributed by atoms with Crippen LogP contribution in [-0.2, 0) is 17.8 Å². The topological polar surface area (TPSA) is 57.9 Å². The number of benzene rings is 1. The van der Waals surface area contributed by atoms with Crippen LogP contribution in [0.1, 0.15) is 17.7 Å². The van der Waals surface area contributed by atoms with Crippen molar-refractivity contribution in [1.29, 1.82) is 0 Å².